The van der Waals surface area contributed by atoms with Gasteiger partial charge >= 0.3 is 0 Å². The summed E-state index contributed by atoms with van der Waals surface area (Å²) in [6.07, 6.45) is 5.50. The average Bonchev–Trinajstić information content (AvgIpc) is 3.14. The van der Waals surface area contributed by atoms with E-state index in [-0.39, 0.29) is 10.9 Å². The third-order valence-corrected chi connectivity index (χ3v) is 4.56. The molecule has 3 aromatic rings. The van der Waals surface area contributed by atoms with Crippen LogP contribution < -0.4 is 5.32 Å². The van der Waals surface area contributed by atoms with E-state index < -0.39 is 0 Å². The van der Waals surface area contributed by atoms with Crippen molar-refractivity contribution in [1.29, 1.82) is 0 Å². The number of allylic oxidation sites excluding steroid dienone is 2. The summed E-state index contributed by atoms with van der Waals surface area (Å²) in [5.74, 6) is -0.306. The minimum atomic E-state index is -0.306. The molecule has 0 radical (unpaired) electrons. The van der Waals surface area contributed by atoms with Crippen LogP contribution in [0.2, 0.25) is 0 Å². The van der Waals surface area contributed by atoms with Crippen molar-refractivity contribution in [3.8, 4) is 0 Å². The molecule has 0 spiro atoms. The quantitative estimate of drug-likeness (QED) is 0.639. The number of hydrogen-bond donors (Lipinski definition) is 1. The zero-order chi connectivity index (χ0) is 17.5. The summed E-state index contributed by atoms with van der Waals surface area (Å²) in [6.45, 7) is 0. The SMILES string of the molecule is O=C(Nc1ccccc1)c1nnc(/C(Cl)=C/C=C\c2ccccc2)s1. The lowest BCUT2D eigenvalue weighted by Crippen LogP contribution is -2.11. The topological polar surface area (TPSA) is 54.9 Å². The van der Waals surface area contributed by atoms with Gasteiger partial charge in [-0.05, 0) is 23.8 Å². The van der Waals surface area contributed by atoms with Crippen molar-refractivity contribution in [3.63, 3.8) is 0 Å². The number of hydrogen-bond acceptors (Lipinski definition) is 4. The fourth-order valence-electron chi connectivity index (χ4n) is 2.00. The van der Waals surface area contributed by atoms with E-state index in [9.17, 15) is 4.79 Å². The third-order valence-electron chi connectivity index (χ3n) is 3.19. The van der Waals surface area contributed by atoms with Gasteiger partial charge in [0.15, 0.2) is 5.01 Å². The fourth-order valence-corrected chi connectivity index (χ4v) is 2.88. The highest BCUT2D eigenvalue weighted by molar-refractivity contribution is 7.15. The van der Waals surface area contributed by atoms with Crippen LogP contribution in [0.4, 0.5) is 5.69 Å². The Balaban J connectivity index is 1.67. The summed E-state index contributed by atoms with van der Waals surface area (Å²) in [5, 5.41) is 11.8. The second-order valence-electron chi connectivity index (χ2n) is 5.02. The Labute approximate surface area is 154 Å². The first-order chi connectivity index (χ1) is 12.2. The van der Waals surface area contributed by atoms with Gasteiger partial charge in [-0.3, -0.25) is 4.79 Å². The maximum absolute atomic E-state index is 12.2. The van der Waals surface area contributed by atoms with Crippen LogP contribution in [-0.2, 0) is 0 Å². The first kappa shape index (κ1) is 17.1. The van der Waals surface area contributed by atoms with Gasteiger partial charge in [0.1, 0.15) is 0 Å². The van der Waals surface area contributed by atoms with Crippen LogP contribution in [0.5, 0.6) is 0 Å². The van der Waals surface area contributed by atoms with E-state index in [2.05, 4.69) is 15.5 Å². The highest BCUT2D eigenvalue weighted by Crippen LogP contribution is 2.23. The summed E-state index contributed by atoms with van der Waals surface area (Å²) in [6, 6.07) is 19.1. The zero-order valence-electron chi connectivity index (χ0n) is 13.1. The molecule has 0 saturated heterocycles. The number of benzene rings is 2. The van der Waals surface area contributed by atoms with Crippen LogP contribution >= 0.6 is 22.9 Å². The molecular formula is C19H14ClN3OS. The van der Waals surface area contributed by atoms with Gasteiger partial charge in [0.2, 0.25) is 5.01 Å². The highest BCUT2D eigenvalue weighted by atomic mass is 35.5. The monoisotopic (exact) mass is 367 g/mol. The molecule has 3 rings (SSSR count). The predicted molar refractivity (Wildman–Crippen MR) is 104 cm³/mol. The molecule has 0 bridgehead atoms. The normalized spacial score (nSPS) is 11.6. The number of anilines is 1. The maximum atomic E-state index is 12.2. The predicted octanol–water partition coefficient (Wildman–Crippen LogP) is 5.08. The molecule has 0 aliphatic rings. The van der Waals surface area contributed by atoms with E-state index in [0.29, 0.717) is 15.7 Å². The molecule has 0 saturated carbocycles. The molecule has 0 unspecified atom stereocenters. The van der Waals surface area contributed by atoms with E-state index >= 15 is 0 Å². The summed E-state index contributed by atoms with van der Waals surface area (Å²) in [5.41, 5.74) is 1.78. The molecule has 0 atom stereocenters. The van der Waals surface area contributed by atoms with Crippen molar-refractivity contribution in [3.05, 3.63) is 88.4 Å². The molecule has 2 aromatic carbocycles. The van der Waals surface area contributed by atoms with E-state index in [1.165, 1.54) is 0 Å². The fraction of sp³-hybridized carbons (Fsp3) is 0. The minimum absolute atomic E-state index is 0.262. The number of halogens is 1. The second-order valence-corrected chi connectivity index (χ2v) is 6.40. The molecule has 1 N–H and O–H groups in total. The van der Waals surface area contributed by atoms with E-state index in [1.807, 2.05) is 60.7 Å². The van der Waals surface area contributed by atoms with Gasteiger partial charge in [-0.25, -0.2) is 0 Å². The summed E-state index contributed by atoms with van der Waals surface area (Å²) in [4.78, 5) is 12.2. The third kappa shape index (κ3) is 4.86. The Morgan fingerprint density at radius 3 is 2.32 bits per heavy atom. The van der Waals surface area contributed by atoms with E-state index in [4.69, 9.17) is 11.6 Å². The van der Waals surface area contributed by atoms with E-state index in [0.717, 1.165) is 16.9 Å². The lowest BCUT2D eigenvalue weighted by atomic mass is 10.2. The molecule has 0 aliphatic carbocycles. The van der Waals surface area contributed by atoms with Gasteiger partial charge < -0.3 is 5.32 Å². The van der Waals surface area contributed by atoms with Gasteiger partial charge in [0.05, 0.1) is 5.03 Å². The molecule has 124 valence electrons. The number of carbonyl (C=O) groups excluding carboxylic acids is 1. The van der Waals surface area contributed by atoms with Crippen LogP contribution in [0, 0.1) is 0 Å². The molecular weight excluding hydrogens is 354 g/mol. The van der Waals surface area contributed by atoms with Crippen molar-refractivity contribution in [2.24, 2.45) is 0 Å². The molecule has 4 nitrogen and oxygen atoms in total. The van der Waals surface area contributed by atoms with Crippen LogP contribution in [0.3, 0.4) is 0 Å². The zero-order valence-corrected chi connectivity index (χ0v) is 14.7. The number of para-hydroxylation sites is 1. The molecule has 0 aliphatic heterocycles. The van der Waals surface area contributed by atoms with Crippen LogP contribution in [0.25, 0.3) is 11.1 Å². The number of nitrogens with zero attached hydrogens (tertiary/aromatic N) is 2. The standard InChI is InChI=1S/C19H14ClN3OS/c20-16(13-7-10-14-8-3-1-4-9-14)18-22-23-19(25-18)17(24)21-15-11-5-2-6-12-15/h1-13H,(H,21,24)/b10-7-,16-13-. The molecule has 1 amide bonds. The highest BCUT2D eigenvalue weighted by Gasteiger charge is 2.14. The lowest BCUT2D eigenvalue weighted by molar-refractivity contribution is 0.102. The minimum Gasteiger partial charge on any atom is -0.320 e. The van der Waals surface area contributed by atoms with Crippen LogP contribution in [-0.4, -0.2) is 16.1 Å². The number of nitrogens with one attached hydrogen (secondary N) is 1. The lowest BCUT2D eigenvalue weighted by Gasteiger charge is -2.00. The summed E-state index contributed by atoms with van der Waals surface area (Å²) >= 11 is 7.38. The van der Waals surface area contributed by atoms with Gasteiger partial charge in [0, 0.05) is 5.69 Å². The van der Waals surface area contributed by atoms with E-state index in [1.54, 1.807) is 18.2 Å². The van der Waals surface area contributed by atoms with Crippen molar-refractivity contribution >= 4 is 45.6 Å². The Morgan fingerprint density at radius 2 is 1.60 bits per heavy atom. The first-order valence-electron chi connectivity index (χ1n) is 7.51. The number of carbonyl (C=O) groups is 1. The summed E-state index contributed by atoms with van der Waals surface area (Å²) in [7, 11) is 0. The Hall–Kier alpha value is -2.76. The van der Waals surface area contributed by atoms with Crippen LogP contribution in [0.1, 0.15) is 20.4 Å². The summed E-state index contributed by atoms with van der Waals surface area (Å²) < 4.78 is 0. The number of amides is 1. The average molecular weight is 368 g/mol. The van der Waals surface area contributed by atoms with Crippen LogP contribution in [0.15, 0.2) is 72.8 Å². The van der Waals surface area contributed by atoms with Gasteiger partial charge in [-0.15, -0.1) is 10.2 Å². The van der Waals surface area contributed by atoms with Crippen molar-refractivity contribution in [2.75, 3.05) is 5.32 Å². The Kier molecular flexibility index (Phi) is 5.72. The molecule has 6 heteroatoms. The van der Waals surface area contributed by atoms with Crippen molar-refractivity contribution in [2.45, 2.75) is 0 Å². The Morgan fingerprint density at radius 1 is 0.960 bits per heavy atom. The van der Waals surface area contributed by atoms with Crippen molar-refractivity contribution < 1.29 is 4.79 Å². The van der Waals surface area contributed by atoms with Gasteiger partial charge in [-0.2, -0.15) is 0 Å². The van der Waals surface area contributed by atoms with Gasteiger partial charge in [-0.1, -0.05) is 83.6 Å². The molecule has 0 fully saturated rings. The second kappa shape index (κ2) is 8.37. The maximum Gasteiger partial charge on any atom is 0.286 e. The van der Waals surface area contributed by atoms with Crippen molar-refractivity contribution in [1.82, 2.24) is 10.2 Å². The van der Waals surface area contributed by atoms with Gasteiger partial charge in [0.25, 0.3) is 5.91 Å². The largest absolute Gasteiger partial charge is 0.320 e. The molecule has 25 heavy (non-hydrogen) atoms. The molecule has 1 heterocycles. The first-order valence-corrected chi connectivity index (χ1v) is 8.71. The smallest absolute Gasteiger partial charge is 0.286 e. The number of rotatable bonds is 5. The number of aromatic nitrogens is 2. The molecule has 1 aromatic heterocycles. The Bertz CT molecular complexity index is 905.